The number of hydrogen-bond acceptors (Lipinski definition) is 4. The summed E-state index contributed by atoms with van der Waals surface area (Å²) in [4.78, 5) is 11.4. The predicted molar refractivity (Wildman–Crippen MR) is 144 cm³/mol. The van der Waals surface area contributed by atoms with Crippen molar-refractivity contribution in [2.24, 2.45) is 10.4 Å². The van der Waals surface area contributed by atoms with E-state index in [2.05, 4.69) is 84.2 Å². The van der Waals surface area contributed by atoms with E-state index in [0.29, 0.717) is 0 Å². The maximum Gasteiger partial charge on any atom is 0.0702 e. The molecular formula is C29H38N4. The van der Waals surface area contributed by atoms with Gasteiger partial charge < -0.3 is 9.80 Å². The number of piperazine rings is 1. The largest absolute Gasteiger partial charge is 0.371 e. The van der Waals surface area contributed by atoms with Crippen molar-refractivity contribution in [1.82, 2.24) is 9.80 Å². The van der Waals surface area contributed by atoms with Gasteiger partial charge in [0.2, 0.25) is 0 Å². The second-order valence-corrected chi connectivity index (χ2v) is 9.63. The molecule has 2 heterocycles. The molecule has 2 aliphatic heterocycles. The van der Waals surface area contributed by atoms with Gasteiger partial charge in [-0.05, 0) is 68.4 Å². The van der Waals surface area contributed by atoms with Crippen molar-refractivity contribution < 1.29 is 0 Å². The molecule has 2 fully saturated rings. The molecule has 0 amide bonds. The van der Waals surface area contributed by atoms with Crippen LogP contribution < -0.4 is 4.90 Å². The zero-order valence-corrected chi connectivity index (χ0v) is 20.4. The quantitative estimate of drug-likeness (QED) is 0.314. The summed E-state index contributed by atoms with van der Waals surface area (Å²) in [6.45, 7) is 25.9. The fourth-order valence-electron chi connectivity index (χ4n) is 4.34. The summed E-state index contributed by atoms with van der Waals surface area (Å²) in [5, 5.41) is 0. The number of rotatable bonds is 8. The maximum absolute atomic E-state index is 5.74. The number of benzene rings is 1. The van der Waals surface area contributed by atoms with Gasteiger partial charge in [-0.15, -0.1) is 12.3 Å². The van der Waals surface area contributed by atoms with Crippen LogP contribution in [0.15, 0.2) is 66.2 Å². The van der Waals surface area contributed by atoms with Gasteiger partial charge in [-0.1, -0.05) is 31.9 Å². The Morgan fingerprint density at radius 3 is 2.36 bits per heavy atom. The molecule has 4 heteroatoms. The van der Waals surface area contributed by atoms with Gasteiger partial charge in [-0.2, -0.15) is 0 Å². The minimum atomic E-state index is -0.00284. The Balaban J connectivity index is 1.66. The van der Waals surface area contributed by atoms with E-state index in [-0.39, 0.29) is 5.41 Å². The number of terminal acetylenes is 1. The number of likely N-dealkylation sites (N-methyl/N-ethyl adjacent to an activating group) is 1. The van der Waals surface area contributed by atoms with Crippen molar-refractivity contribution in [1.29, 1.82) is 0 Å². The third kappa shape index (κ3) is 6.35. The van der Waals surface area contributed by atoms with Crippen LogP contribution in [0.2, 0.25) is 0 Å². The summed E-state index contributed by atoms with van der Waals surface area (Å²) in [6, 6.07) is 6.28. The molecule has 4 nitrogen and oxygen atoms in total. The number of piperidine rings is 1. The molecule has 1 aromatic carbocycles. The summed E-state index contributed by atoms with van der Waals surface area (Å²) in [7, 11) is 2.17. The van der Waals surface area contributed by atoms with Crippen molar-refractivity contribution in [3.05, 3.63) is 66.8 Å². The van der Waals surface area contributed by atoms with Crippen LogP contribution in [0.3, 0.4) is 0 Å². The number of anilines is 1. The van der Waals surface area contributed by atoms with Crippen LogP contribution in [-0.2, 0) is 0 Å². The molecule has 2 saturated heterocycles. The molecule has 0 N–H and O–H groups in total. The van der Waals surface area contributed by atoms with E-state index in [4.69, 9.17) is 6.42 Å². The molecule has 3 rings (SSSR count). The molecule has 0 unspecified atom stereocenters. The van der Waals surface area contributed by atoms with E-state index >= 15 is 0 Å². The summed E-state index contributed by atoms with van der Waals surface area (Å²) in [6.07, 6.45) is 11.8. The molecule has 1 aromatic rings. The normalized spacial score (nSPS) is 19.2. The van der Waals surface area contributed by atoms with Crippen LogP contribution in [0.1, 0.15) is 25.3 Å². The summed E-state index contributed by atoms with van der Waals surface area (Å²) >= 11 is 0. The molecular weight excluding hydrogens is 404 g/mol. The van der Waals surface area contributed by atoms with Gasteiger partial charge in [-0.25, -0.2) is 0 Å². The minimum Gasteiger partial charge on any atom is -0.371 e. The zero-order chi connectivity index (χ0) is 24.0. The predicted octanol–water partition coefficient (Wildman–Crippen LogP) is 5.19. The van der Waals surface area contributed by atoms with E-state index in [0.717, 1.165) is 92.3 Å². The van der Waals surface area contributed by atoms with Gasteiger partial charge >= 0.3 is 0 Å². The third-order valence-electron chi connectivity index (χ3n) is 6.99. The Labute approximate surface area is 200 Å². The highest BCUT2D eigenvalue weighted by atomic mass is 15.2. The average molecular weight is 443 g/mol. The van der Waals surface area contributed by atoms with Crippen molar-refractivity contribution in [2.45, 2.75) is 19.8 Å². The second kappa shape index (κ2) is 10.8. The van der Waals surface area contributed by atoms with Gasteiger partial charge in [0, 0.05) is 62.5 Å². The number of aliphatic imine (C=N–C) groups is 1. The Morgan fingerprint density at radius 2 is 1.76 bits per heavy atom. The first-order chi connectivity index (χ1) is 15.7. The molecule has 0 aliphatic carbocycles. The van der Waals surface area contributed by atoms with Crippen molar-refractivity contribution in [3.63, 3.8) is 0 Å². The first-order valence-corrected chi connectivity index (χ1v) is 11.7. The molecule has 2 aliphatic rings. The van der Waals surface area contributed by atoms with Crippen LogP contribution >= 0.6 is 0 Å². The highest BCUT2D eigenvalue weighted by molar-refractivity contribution is 5.87. The van der Waals surface area contributed by atoms with Gasteiger partial charge in [0.25, 0.3) is 0 Å². The first-order valence-electron chi connectivity index (χ1n) is 11.7. The van der Waals surface area contributed by atoms with Gasteiger partial charge in [0.1, 0.15) is 0 Å². The number of nitrogens with zero attached hydrogens (tertiary/aromatic N) is 4. The Bertz CT molecular complexity index is 977. The molecule has 0 spiro atoms. The van der Waals surface area contributed by atoms with Gasteiger partial charge in [-0.3, -0.25) is 9.89 Å². The monoisotopic (exact) mass is 442 g/mol. The molecule has 0 radical (unpaired) electrons. The van der Waals surface area contributed by atoms with Crippen molar-refractivity contribution in [3.8, 4) is 12.3 Å². The van der Waals surface area contributed by atoms with Crippen LogP contribution in [0.5, 0.6) is 0 Å². The summed E-state index contributed by atoms with van der Waals surface area (Å²) in [5.74, 6) is 2.97. The lowest BCUT2D eigenvalue weighted by Crippen LogP contribution is -2.44. The Hall–Kier alpha value is -2.87. The molecule has 0 atom stereocenters. The van der Waals surface area contributed by atoms with Gasteiger partial charge in [0.05, 0.1) is 5.69 Å². The highest BCUT2D eigenvalue weighted by Crippen LogP contribution is 2.36. The second-order valence-electron chi connectivity index (χ2n) is 9.63. The zero-order valence-electron chi connectivity index (χ0n) is 20.4. The molecule has 33 heavy (non-hydrogen) atoms. The summed E-state index contributed by atoms with van der Waals surface area (Å²) < 4.78 is 0. The first kappa shape index (κ1) is 24.8. The molecule has 174 valence electrons. The van der Waals surface area contributed by atoms with E-state index in [1.165, 1.54) is 0 Å². The topological polar surface area (TPSA) is 22.1 Å². The van der Waals surface area contributed by atoms with Crippen LogP contribution in [0.4, 0.5) is 11.4 Å². The van der Waals surface area contributed by atoms with Crippen molar-refractivity contribution >= 4 is 23.7 Å². The van der Waals surface area contributed by atoms with E-state index < -0.39 is 0 Å². The Morgan fingerprint density at radius 1 is 1.09 bits per heavy atom. The maximum atomic E-state index is 5.74. The number of hydrogen-bond donors (Lipinski definition) is 0. The lowest BCUT2D eigenvalue weighted by molar-refractivity contribution is 0.165. The van der Waals surface area contributed by atoms with E-state index in [9.17, 15) is 0 Å². The summed E-state index contributed by atoms with van der Waals surface area (Å²) in [5.41, 5.74) is 5.73. The molecule has 0 aromatic heterocycles. The lowest BCUT2D eigenvalue weighted by atomic mass is 9.81. The molecule has 0 bridgehead atoms. The minimum absolute atomic E-state index is 0.00284. The van der Waals surface area contributed by atoms with Crippen LogP contribution in [0, 0.1) is 17.8 Å². The average Bonchev–Trinajstić information content (AvgIpc) is 2.83. The standard InChI is InChI=1S/C29H38N4/c1-8-29(5)13-15-33(16-14-29)26-11-12-28(30-6)27(21-26)25(4)24(3)10-9-23(2)22-32-19-17-31(7)18-20-32/h1,9-12,21H,2-4,6,13-20,22H2,5,7H3/b10-9-. The van der Waals surface area contributed by atoms with Crippen LogP contribution in [0.25, 0.3) is 5.57 Å². The van der Waals surface area contributed by atoms with E-state index in [1.807, 2.05) is 12.1 Å². The molecule has 0 saturated carbocycles. The Kier molecular flexibility index (Phi) is 8.13. The number of allylic oxidation sites excluding steroid dienone is 3. The fraction of sp³-hybridized carbons (Fsp3) is 0.414. The smallest absolute Gasteiger partial charge is 0.0702 e. The SMILES string of the molecule is C#CC1(C)CCN(c2ccc(N=C)c(C(=C)C(=C)/C=C\C(=C)CN3CCN(C)CC3)c2)CC1. The lowest BCUT2D eigenvalue weighted by Gasteiger charge is -2.37. The highest BCUT2D eigenvalue weighted by Gasteiger charge is 2.28. The third-order valence-corrected chi connectivity index (χ3v) is 6.99. The fourth-order valence-corrected chi connectivity index (χ4v) is 4.34. The van der Waals surface area contributed by atoms with Gasteiger partial charge in [0.15, 0.2) is 0 Å². The van der Waals surface area contributed by atoms with E-state index in [1.54, 1.807) is 0 Å². The van der Waals surface area contributed by atoms with Crippen LogP contribution in [-0.4, -0.2) is 69.4 Å². The van der Waals surface area contributed by atoms with Crippen molar-refractivity contribution in [2.75, 3.05) is 57.8 Å².